The molecule has 1 N–H and O–H groups in total. The van der Waals surface area contributed by atoms with E-state index in [0.717, 1.165) is 5.56 Å². The maximum Gasteiger partial charge on any atom is 0.320 e. The number of piperidine rings is 1. The second-order valence-corrected chi connectivity index (χ2v) is 5.80. The van der Waals surface area contributed by atoms with Crippen LogP contribution in [-0.4, -0.2) is 47.0 Å². The van der Waals surface area contributed by atoms with Gasteiger partial charge in [0.05, 0.1) is 5.92 Å². The third-order valence-electron chi connectivity index (χ3n) is 3.75. The number of hydrogen-bond acceptors (Lipinski definition) is 2. The molecule has 0 bridgehead atoms. The Morgan fingerprint density at radius 1 is 1.38 bits per heavy atom. The van der Waals surface area contributed by atoms with Crippen molar-refractivity contribution < 1.29 is 14.7 Å². The average Bonchev–Trinajstić information content (AvgIpc) is 2.46. The molecule has 1 aliphatic rings. The molecule has 2 amide bonds. The molecule has 1 fully saturated rings. The van der Waals surface area contributed by atoms with E-state index in [9.17, 15) is 9.59 Å². The van der Waals surface area contributed by atoms with E-state index in [1.165, 1.54) is 0 Å². The van der Waals surface area contributed by atoms with Crippen molar-refractivity contribution in [3.63, 3.8) is 0 Å². The number of likely N-dealkylation sites (tertiary alicyclic amines) is 1. The lowest BCUT2D eigenvalue weighted by Gasteiger charge is -2.33. The lowest BCUT2D eigenvalue weighted by molar-refractivity contribution is -0.143. The minimum absolute atomic E-state index is 0.0705. The summed E-state index contributed by atoms with van der Waals surface area (Å²) in [4.78, 5) is 26.6. The van der Waals surface area contributed by atoms with Gasteiger partial charge in [-0.15, -0.1) is 0 Å². The van der Waals surface area contributed by atoms with Crippen molar-refractivity contribution in [3.8, 4) is 0 Å². The first-order valence-corrected chi connectivity index (χ1v) is 7.32. The summed E-state index contributed by atoms with van der Waals surface area (Å²) in [6, 6.07) is 7.34. The first-order chi connectivity index (χ1) is 9.97. The first-order valence-electron chi connectivity index (χ1n) is 6.94. The number of carboxylic acid groups (broad SMARTS) is 1. The zero-order valence-electron chi connectivity index (χ0n) is 12.0. The molecule has 6 heteroatoms. The Morgan fingerprint density at radius 2 is 2.05 bits per heavy atom. The summed E-state index contributed by atoms with van der Waals surface area (Å²) < 4.78 is 0. The second-order valence-electron chi connectivity index (χ2n) is 5.37. The summed E-state index contributed by atoms with van der Waals surface area (Å²) in [7, 11) is 1.74. The van der Waals surface area contributed by atoms with Crippen molar-refractivity contribution in [2.45, 2.75) is 19.4 Å². The van der Waals surface area contributed by atoms with Crippen LogP contribution in [0, 0.1) is 5.92 Å². The Kier molecular flexibility index (Phi) is 5.07. The number of rotatable bonds is 3. The molecule has 0 unspecified atom stereocenters. The van der Waals surface area contributed by atoms with Crippen LogP contribution < -0.4 is 0 Å². The number of aliphatic carboxylic acids is 1. The minimum atomic E-state index is -0.769. The zero-order chi connectivity index (χ0) is 15.4. The molecule has 1 aliphatic heterocycles. The summed E-state index contributed by atoms with van der Waals surface area (Å²) in [6.07, 6.45) is 1.04. The van der Waals surface area contributed by atoms with E-state index in [-0.39, 0.29) is 11.9 Å². The number of amides is 2. The third kappa shape index (κ3) is 4.11. The van der Waals surface area contributed by atoms with Crippen LogP contribution >= 0.6 is 11.6 Å². The lowest BCUT2D eigenvalue weighted by atomic mass is 9.97. The van der Waals surface area contributed by atoms with Gasteiger partial charge in [0.2, 0.25) is 0 Å². The Labute approximate surface area is 129 Å². The zero-order valence-corrected chi connectivity index (χ0v) is 12.7. The molecular formula is C15H19ClN2O3. The first kappa shape index (κ1) is 15.6. The fourth-order valence-corrected chi connectivity index (χ4v) is 2.75. The highest BCUT2D eigenvalue weighted by molar-refractivity contribution is 6.30. The van der Waals surface area contributed by atoms with Crippen LogP contribution in [0.2, 0.25) is 5.02 Å². The largest absolute Gasteiger partial charge is 0.481 e. The second kappa shape index (κ2) is 6.80. The molecule has 114 valence electrons. The molecule has 21 heavy (non-hydrogen) atoms. The van der Waals surface area contributed by atoms with Crippen molar-refractivity contribution in [2.75, 3.05) is 20.1 Å². The van der Waals surface area contributed by atoms with Crippen molar-refractivity contribution in [2.24, 2.45) is 5.92 Å². The highest BCUT2D eigenvalue weighted by atomic mass is 35.5. The van der Waals surface area contributed by atoms with Crippen molar-refractivity contribution >= 4 is 23.6 Å². The van der Waals surface area contributed by atoms with E-state index in [2.05, 4.69) is 0 Å². The van der Waals surface area contributed by atoms with Gasteiger partial charge in [-0.05, 0) is 30.5 Å². The van der Waals surface area contributed by atoms with Crippen LogP contribution in [-0.2, 0) is 11.3 Å². The molecule has 0 spiro atoms. The van der Waals surface area contributed by atoms with E-state index in [0.29, 0.717) is 37.5 Å². The highest BCUT2D eigenvalue weighted by Gasteiger charge is 2.28. The van der Waals surface area contributed by atoms with Crippen LogP contribution in [0.3, 0.4) is 0 Å². The molecule has 5 nitrogen and oxygen atoms in total. The number of carbonyl (C=O) groups excluding carboxylic acids is 1. The van der Waals surface area contributed by atoms with Gasteiger partial charge in [0, 0.05) is 31.7 Å². The molecule has 1 aromatic carbocycles. The molecule has 1 aromatic rings. The molecule has 2 rings (SSSR count). The molecular weight excluding hydrogens is 292 g/mol. The van der Waals surface area contributed by atoms with Gasteiger partial charge in [0.25, 0.3) is 0 Å². The Bertz CT molecular complexity index is 527. The van der Waals surface area contributed by atoms with E-state index in [1.807, 2.05) is 18.2 Å². The minimum Gasteiger partial charge on any atom is -0.481 e. The summed E-state index contributed by atoms with van der Waals surface area (Å²) in [5, 5.41) is 9.62. The number of urea groups is 1. The van der Waals surface area contributed by atoms with Crippen LogP contribution in [0.15, 0.2) is 24.3 Å². The standard InChI is InChI=1S/C15H19ClN2O3/c1-17(10-11-3-2-4-13(16)9-11)15(21)18-7-5-12(6-8-18)14(19)20/h2-4,9,12H,5-8,10H2,1H3,(H,19,20). The summed E-state index contributed by atoms with van der Waals surface area (Å²) in [5.41, 5.74) is 0.971. The fourth-order valence-electron chi connectivity index (χ4n) is 2.54. The van der Waals surface area contributed by atoms with Crippen molar-refractivity contribution in [3.05, 3.63) is 34.9 Å². The maximum absolute atomic E-state index is 12.3. The van der Waals surface area contributed by atoms with Gasteiger partial charge in [-0.1, -0.05) is 23.7 Å². The van der Waals surface area contributed by atoms with Crippen LogP contribution in [0.25, 0.3) is 0 Å². The quantitative estimate of drug-likeness (QED) is 0.933. The molecule has 0 atom stereocenters. The van der Waals surface area contributed by atoms with E-state index >= 15 is 0 Å². The Balaban J connectivity index is 1.90. The molecule has 1 heterocycles. The van der Waals surface area contributed by atoms with Gasteiger partial charge in [0.1, 0.15) is 0 Å². The number of carbonyl (C=O) groups is 2. The third-order valence-corrected chi connectivity index (χ3v) is 3.99. The smallest absolute Gasteiger partial charge is 0.320 e. The molecule has 1 saturated heterocycles. The maximum atomic E-state index is 12.3. The Hall–Kier alpha value is -1.75. The number of nitrogens with zero attached hydrogens (tertiary/aromatic N) is 2. The van der Waals surface area contributed by atoms with Crippen molar-refractivity contribution in [1.29, 1.82) is 0 Å². The summed E-state index contributed by atoms with van der Waals surface area (Å²) in [6.45, 7) is 1.48. The summed E-state index contributed by atoms with van der Waals surface area (Å²) >= 11 is 5.93. The van der Waals surface area contributed by atoms with Gasteiger partial charge in [0.15, 0.2) is 0 Å². The lowest BCUT2D eigenvalue weighted by Crippen LogP contribution is -2.45. The predicted molar refractivity (Wildman–Crippen MR) is 80.2 cm³/mol. The molecule has 0 aromatic heterocycles. The molecule has 0 saturated carbocycles. The molecule has 0 aliphatic carbocycles. The number of benzene rings is 1. The van der Waals surface area contributed by atoms with Crippen molar-refractivity contribution in [1.82, 2.24) is 9.80 Å². The highest BCUT2D eigenvalue weighted by Crippen LogP contribution is 2.19. The normalized spacial score (nSPS) is 15.8. The monoisotopic (exact) mass is 310 g/mol. The van der Waals surface area contributed by atoms with Gasteiger partial charge < -0.3 is 14.9 Å². The fraction of sp³-hybridized carbons (Fsp3) is 0.467. The van der Waals surface area contributed by atoms with Crippen LogP contribution in [0.5, 0.6) is 0 Å². The van der Waals surface area contributed by atoms with Crippen LogP contribution in [0.4, 0.5) is 4.79 Å². The number of carboxylic acids is 1. The van der Waals surface area contributed by atoms with E-state index < -0.39 is 5.97 Å². The SMILES string of the molecule is CN(Cc1cccc(Cl)c1)C(=O)N1CCC(C(=O)O)CC1. The van der Waals surface area contributed by atoms with E-state index in [4.69, 9.17) is 16.7 Å². The van der Waals surface area contributed by atoms with Gasteiger partial charge in [-0.2, -0.15) is 0 Å². The predicted octanol–water partition coefficient (Wildman–Crippen LogP) is 2.69. The van der Waals surface area contributed by atoms with Gasteiger partial charge in [-0.3, -0.25) is 4.79 Å². The van der Waals surface area contributed by atoms with Gasteiger partial charge >= 0.3 is 12.0 Å². The topological polar surface area (TPSA) is 60.9 Å². The number of hydrogen-bond donors (Lipinski definition) is 1. The van der Waals surface area contributed by atoms with E-state index in [1.54, 1.807) is 22.9 Å². The Morgan fingerprint density at radius 3 is 2.62 bits per heavy atom. The average molecular weight is 311 g/mol. The van der Waals surface area contributed by atoms with Crippen LogP contribution in [0.1, 0.15) is 18.4 Å². The number of halogens is 1. The molecule has 0 radical (unpaired) electrons. The summed E-state index contributed by atoms with van der Waals surface area (Å²) in [5.74, 6) is -1.10. The van der Waals surface area contributed by atoms with Gasteiger partial charge in [-0.25, -0.2) is 4.79 Å².